The summed E-state index contributed by atoms with van der Waals surface area (Å²) in [5, 5.41) is 5.22. The first-order valence-corrected chi connectivity index (χ1v) is 11.2. The minimum absolute atomic E-state index is 0.0968. The molecule has 0 bridgehead atoms. The van der Waals surface area contributed by atoms with E-state index in [0.717, 1.165) is 39.1 Å². The van der Waals surface area contributed by atoms with Gasteiger partial charge in [-0.2, -0.15) is 0 Å². The van der Waals surface area contributed by atoms with Gasteiger partial charge < -0.3 is 9.64 Å². The van der Waals surface area contributed by atoms with E-state index in [-0.39, 0.29) is 16.4 Å². The summed E-state index contributed by atoms with van der Waals surface area (Å²) in [6.07, 6.45) is 1.08. The summed E-state index contributed by atoms with van der Waals surface area (Å²) in [6.45, 7) is 4.69. The largest absolute Gasteiger partial charge is 0.495 e. The van der Waals surface area contributed by atoms with Gasteiger partial charge in [-0.1, -0.05) is 18.2 Å². The molecule has 1 fully saturated rings. The molecule has 0 amide bonds. The van der Waals surface area contributed by atoms with Crippen LogP contribution in [0.1, 0.15) is 23.2 Å². The molecule has 0 aliphatic carbocycles. The number of rotatable bonds is 8. The van der Waals surface area contributed by atoms with Crippen molar-refractivity contribution in [3.63, 3.8) is 0 Å². The van der Waals surface area contributed by atoms with Gasteiger partial charge in [0.05, 0.1) is 7.11 Å². The number of nitrogens with two attached hydrogens (primary N) is 1. The Bertz CT molecular complexity index is 940. The third kappa shape index (κ3) is 5.56. The van der Waals surface area contributed by atoms with Crippen LogP contribution >= 0.6 is 0 Å². The first kappa shape index (κ1) is 21.3. The molecule has 0 atom stereocenters. The fourth-order valence-corrected chi connectivity index (χ4v) is 4.27. The van der Waals surface area contributed by atoms with Gasteiger partial charge in [-0.15, -0.1) is 0 Å². The smallest absolute Gasteiger partial charge is 0.241 e. The summed E-state index contributed by atoms with van der Waals surface area (Å²) < 4.78 is 28.5. The van der Waals surface area contributed by atoms with Gasteiger partial charge >= 0.3 is 0 Å². The monoisotopic (exact) mass is 417 g/mol. The first-order valence-electron chi connectivity index (χ1n) is 9.65. The van der Waals surface area contributed by atoms with Crippen molar-refractivity contribution in [3.05, 3.63) is 54.1 Å². The van der Waals surface area contributed by atoms with Crippen LogP contribution in [0.15, 0.2) is 53.4 Å². The van der Waals surface area contributed by atoms with Crippen LogP contribution in [-0.4, -0.2) is 58.9 Å². The number of Topliss-reactive ketones (excluding diaryl/α,β-unsaturated/α-hetero) is 1. The van der Waals surface area contributed by atoms with Gasteiger partial charge in [0.25, 0.3) is 0 Å². The summed E-state index contributed by atoms with van der Waals surface area (Å²) in [4.78, 5) is 17.1. The van der Waals surface area contributed by atoms with Crippen LogP contribution in [-0.2, 0) is 10.0 Å². The fourth-order valence-electron chi connectivity index (χ4n) is 3.55. The molecule has 0 radical (unpaired) electrons. The topological polar surface area (TPSA) is 92.9 Å². The normalized spacial score (nSPS) is 15.3. The molecule has 0 saturated carbocycles. The third-order valence-corrected chi connectivity index (χ3v) is 6.10. The fraction of sp³-hybridized carbons (Fsp3) is 0.381. The van der Waals surface area contributed by atoms with Crippen molar-refractivity contribution in [1.29, 1.82) is 0 Å². The van der Waals surface area contributed by atoms with Gasteiger partial charge in [0.15, 0.2) is 5.78 Å². The predicted molar refractivity (Wildman–Crippen MR) is 113 cm³/mol. The van der Waals surface area contributed by atoms with E-state index in [9.17, 15) is 13.2 Å². The number of anilines is 1. The number of hydrogen-bond donors (Lipinski definition) is 1. The summed E-state index contributed by atoms with van der Waals surface area (Å²) in [7, 11) is -2.59. The van der Waals surface area contributed by atoms with E-state index in [1.54, 1.807) is 6.07 Å². The molecule has 156 valence electrons. The Labute approximate surface area is 172 Å². The third-order valence-electron chi connectivity index (χ3n) is 5.16. The molecule has 2 aromatic rings. The highest BCUT2D eigenvalue weighted by Gasteiger charge is 2.19. The van der Waals surface area contributed by atoms with Crippen molar-refractivity contribution in [1.82, 2.24) is 4.90 Å². The average Bonchev–Trinajstić information content (AvgIpc) is 2.73. The Morgan fingerprint density at radius 3 is 2.38 bits per heavy atom. The quantitative estimate of drug-likeness (QED) is 0.662. The minimum atomic E-state index is -3.96. The van der Waals surface area contributed by atoms with Crippen molar-refractivity contribution in [2.45, 2.75) is 17.7 Å². The van der Waals surface area contributed by atoms with Gasteiger partial charge in [0.2, 0.25) is 10.0 Å². The lowest BCUT2D eigenvalue weighted by Crippen LogP contribution is -2.46. The van der Waals surface area contributed by atoms with E-state index in [2.05, 4.69) is 21.9 Å². The van der Waals surface area contributed by atoms with Crippen molar-refractivity contribution >= 4 is 21.5 Å². The lowest BCUT2D eigenvalue weighted by atomic mass is 10.1. The highest BCUT2D eigenvalue weighted by Crippen LogP contribution is 2.24. The number of sulfonamides is 1. The Morgan fingerprint density at radius 2 is 1.76 bits per heavy atom. The number of carbonyl (C=O) groups excluding carboxylic acids is 1. The Hall–Kier alpha value is -2.42. The molecule has 2 aromatic carbocycles. The summed E-state index contributed by atoms with van der Waals surface area (Å²) >= 11 is 0. The highest BCUT2D eigenvalue weighted by atomic mass is 32.2. The molecule has 29 heavy (non-hydrogen) atoms. The SMILES string of the molecule is COc1ccc(C(=O)CCCN2CCN(c3ccccc3)CC2)cc1S(N)(=O)=O. The van der Waals surface area contributed by atoms with Gasteiger partial charge in [0, 0.05) is 43.9 Å². The molecule has 1 heterocycles. The Balaban J connectivity index is 1.49. The van der Waals surface area contributed by atoms with Crippen LogP contribution < -0.4 is 14.8 Å². The molecule has 8 heteroatoms. The van der Waals surface area contributed by atoms with Crippen molar-refractivity contribution < 1.29 is 17.9 Å². The van der Waals surface area contributed by atoms with Crippen molar-refractivity contribution in [2.75, 3.05) is 44.7 Å². The summed E-state index contributed by atoms with van der Waals surface area (Å²) in [6, 6.07) is 14.7. The second kappa shape index (κ2) is 9.39. The number of primary sulfonamides is 1. The second-order valence-electron chi connectivity index (χ2n) is 7.10. The van der Waals surface area contributed by atoms with Crippen LogP contribution in [0.2, 0.25) is 0 Å². The van der Waals surface area contributed by atoms with E-state index in [1.807, 2.05) is 18.2 Å². The molecule has 1 saturated heterocycles. The molecule has 1 aliphatic rings. The van der Waals surface area contributed by atoms with E-state index in [1.165, 1.54) is 24.9 Å². The summed E-state index contributed by atoms with van der Waals surface area (Å²) in [5.41, 5.74) is 1.58. The van der Waals surface area contributed by atoms with Crippen LogP contribution in [0.5, 0.6) is 5.75 Å². The molecule has 0 aromatic heterocycles. The van der Waals surface area contributed by atoms with Gasteiger partial charge in [0.1, 0.15) is 10.6 Å². The zero-order valence-corrected chi connectivity index (χ0v) is 17.4. The number of piperazine rings is 1. The van der Waals surface area contributed by atoms with Crippen LogP contribution in [0.25, 0.3) is 0 Å². The number of para-hydroxylation sites is 1. The van der Waals surface area contributed by atoms with Crippen LogP contribution in [0.3, 0.4) is 0 Å². The minimum Gasteiger partial charge on any atom is -0.495 e. The van der Waals surface area contributed by atoms with Gasteiger partial charge in [-0.25, -0.2) is 13.6 Å². The predicted octanol–water partition coefficient (Wildman–Crippen LogP) is 2.13. The zero-order valence-electron chi connectivity index (χ0n) is 16.6. The molecule has 2 N–H and O–H groups in total. The molecule has 1 aliphatic heterocycles. The Kier molecular flexibility index (Phi) is 6.89. The molecule has 0 unspecified atom stereocenters. The number of ether oxygens (including phenoxy) is 1. The lowest BCUT2D eigenvalue weighted by molar-refractivity contribution is 0.0974. The van der Waals surface area contributed by atoms with E-state index >= 15 is 0 Å². The number of benzene rings is 2. The van der Waals surface area contributed by atoms with Crippen LogP contribution in [0, 0.1) is 0 Å². The molecule has 7 nitrogen and oxygen atoms in total. The number of ketones is 1. The highest BCUT2D eigenvalue weighted by molar-refractivity contribution is 7.89. The first-order chi connectivity index (χ1) is 13.9. The summed E-state index contributed by atoms with van der Waals surface area (Å²) in [5.74, 6) is 0.0424. The molecular formula is C21H27N3O4S. The van der Waals surface area contributed by atoms with E-state index in [4.69, 9.17) is 9.88 Å². The number of carbonyl (C=O) groups is 1. The van der Waals surface area contributed by atoms with E-state index < -0.39 is 10.0 Å². The van der Waals surface area contributed by atoms with Crippen LogP contribution in [0.4, 0.5) is 5.69 Å². The Morgan fingerprint density at radius 1 is 1.07 bits per heavy atom. The maximum Gasteiger partial charge on any atom is 0.241 e. The lowest BCUT2D eigenvalue weighted by Gasteiger charge is -2.36. The van der Waals surface area contributed by atoms with E-state index in [0.29, 0.717) is 12.0 Å². The standard InChI is InChI=1S/C21H27N3O4S/c1-28-20-10-9-17(16-21(20)29(22,26)27)19(25)8-5-11-23-12-14-24(15-13-23)18-6-3-2-4-7-18/h2-4,6-7,9-10,16H,5,8,11-15H2,1H3,(H2,22,26,27). The maximum atomic E-state index is 12.5. The molecule has 3 rings (SSSR count). The number of nitrogens with zero attached hydrogens (tertiary/aromatic N) is 2. The number of methoxy groups -OCH3 is 1. The molecular weight excluding hydrogens is 390 g/mol. The number of hydrogen-bond acceptors (Lipinski definition) is 6. The van der Waals surface area contributed by atoms with Crippen molar-refractivity contribution in [2.24, 2.45) is 5.14 Å². The molecule has 0 spiro atoms. The second-order valence-corrected chi connectivity index (χ2v) is 8.63. The van der Waals surface area contributed by atoms with Crippen molar-refractivity contribution in [3.8, 4) is 5.75 Å². The van der Waals surface area contributed by atoms with Gasteiger partial charge in [-0.05, 0) is 43.3 Å². The maximum absolute atomic E-state index is 12.5. The van der Waals surface area contributed by atoms with Gasteiger partial charge in [-0.3, -0.25) is 9.69 Å². The zero-order chi connectivity index (χ0) is 20.9. The average molecular weight is 418 g/mol.